The van der Waals surface area contributed by atoms with Crippen LogP contribution in [0.4, 0.5) is 4.39 Å². The summed E-state index contributed by atoms with van der Waals surface area (Å²) in [7, 11) is 1.57. The van der Waals surface area contributed by atoms with Crippen LogP contribution in [0, 0.1) is 11.7 Å². The summed E-state index contributed by atoms with van der Waals surface area (Å²) in [4.78, 5) is 28.2. The van der Waals surface area contributed by atoms with E-state index >= 15 is 0 Å². The first-order valence-corrected chi connectivity index (χ1v) is 13.6. The van der Waals surface area contributed by atoms with Crippen molar-refractivity contribution in [1.82, 2.24) is 10.2 Å². The van der Waals surface area contributed by atoms with Gasteiger partial charge in [0.1, 0.15) is 17.3 Å². The molecule has 8 bridgehead atoms. The number of hydrogen-bond acceptors (Lipinski definition) is 6. The van der Waals surface area contributed by atoms with Crippen molar-refractivity contribution in [1.29, 1.82) is 0 Å². The molecule has 0 radical (unpaired) electrons. The Balaban J connectivity index is 1.43. The van der Waals surface area contributed by atoms with Crippen molar-refractivity contribution in [2.24, 2.45) is 5.92 Å². The molecule has 7 rings (SSSR count). The van der Waals surface area contributed by atoms with Crippen molar-refractivity contribution in [3.05, 3.63) is 82.7 Å². The number of benzene rings is 3. The highest BCUT2D eigenvalue weighted by atomic mass is 19.1. The molecule has 1 saturated carbocycles. The van der Waals surface area contributed by atoms with E-state index in [4.69, 9.17) is 14.2 Å². The molecule has 2 amide bonds. The number of hydrogen-bond donors (Lipinski definition) is 2. The monoisotopic (exact) mass is 546 g/mol. The van der Waals surface area contributed by atoms with E-state index in [1.165, 1.54) is 18.2 Å². The Hall–Kier alpha value is -4.11. The normalized spacial score (nSPS) is 22.1. The van der Waals surface area contributed by atoms with Crippen LogP contribution < -0.4 is 19.5 Å². The second-order valence-electron chi connectivity index (χ2n) is 10.5. The van der Waals surface area contributed by atoms with Crippen LogP contribution >= 0.6 is 0 Å². The standard InChI is InChI=1S/C31H31FN2O6/c1-38-27-8-3-19-16-28(27)39-12-2-10-33-30(36)25-17-23(5-7-26(25)32)40-22-4-6-24-18(15-22)9-11-34(29(19)24)31(37)20-13-21(35)14-20/h3-8,15-17,20-21,29,35H,2,9-14H2,1H3,(H,33,36). The van der Waals surface area contributed by atoms with Crippen LogP contribution in [0.1, 0.15) is 52.4 Å². The summed E-state index contributed by atoms with van der Waals surface area (Å²) < 4.78 is 32.1. The van der Waals surface area contributed by atoms with Gasteiger partial charge in [0.2, 0.25) is 5.91 Å². The molecule has 1 aliphatic carbocycles. The number of aliphatic hydroxyl groups excluding tert-OH is 1. The highest BCUT2D eigenvalue weighted by Gasteiger charge is 2.40. The average molecular weight is 547 g/mol. The molecular weight excluding hydrogens is 515 g/mol. The number of nitrogens with zero attached hydrogens (tertiary/aromatic N) is 1. The molecule has 3 aliphatic heterocycles. The third kappa shape index (κ3) is 4.97. The smallest absolute Gasteiger partial charge is 0.254 e. The first kappa shape index (κ1) is 26.1. The van der Waals surface area contributed by atoms with E-state index in [1.54, 1.807) is 7.11 Å². The number of methoxy groups -OCH3 is 1. The minimum Gasteiger partial charge on any atom is -0.493 e. The molecule has 2 N–H and O–H groups in total. The predicted molar refractivity (Wildman–Crippen MR) is 144 cm³/mol. The molecule has 8 nitrogen and oxygen atoms in total. The maximum atomic E-state index is 14.5. The van der Waals surface area contributed by atoms with Gasteiger partial charge in [-0.1, -0.05) is 12.1 Å². The van der Waals surface area contributed by atoms with Crippen LogP contribution in [-0.2, 0) is 11.2 Å². The number of fused-ring (bicyclic) bond motifs is 6. The zero-order chi connectivity index (χ0) is 27.8. The second-order valence-corrected chi connectivity index (χ2v) is 10.5. The van der Waals surface area contributed by atoms with Gasteiger partial charge in [-0.2, -0.15) is 0 Å². The molecule has 3 aromatic rings. The van der Waals surface area contributed by atoms with Crippen LogP contribution in [-0.4, -0.2) is 54.7 Å². The Kier molecular flexibility index (Phi) is 7.06. The quantitative estimate of drug-likeness (QED) is 0.495. The van der Waals surface area contributed by atoms with Gasteiger partial charge >= 0.3 is 0 Å². The van der Waals surface area contributed by atoms with Crippen molar-refractivity contribution in [2.45, 2.75) is 37.8 Å². The first-order chi connectivity index (χ1) is 19.4. The number of ether oxygens (including phenoxy) is 3. The minimum atomic E-state index is -0.630. The van der Waals surface area contributed by atoms with Crippen LogP contribution in [0.25, 0.3) is 0 Å². The lowest BCUT2D eigenvalue weighted by atomic mass is 9.79. The molecule has 1 atom stereocenters. The summed E-state index contributed by atoms with van der Waals surface area (Å²) in [6.07, 6.45) is 1.65. The first-order valence-electron chi connectivity index (χ1n) is 13.6. The Morgan fingerprint density at radius 3 is 2.70 bits per heavy atom. The van der Waals surface area contributed by atoms with Crippen molar-refractivity contribution in [3.8, 4) is 23.0 Å². The maximum absolute atomic E-state index is 14.5. The predicted octanol–water partition coefficient (Wildman–Crippen LogP) is 4.38. The summed E-state index contributed by atoms with van der Waals surface area (Å²) >= 11 is 0. The molecule has 0 saturated heterocycles. The number of halogens is 1. The Morgan fingerprint density at radius 1 is 1.10 bits per heavy atom. The molecule has 0 spiro atoms. The fourth-order valence-electron chi connectivity index (χ4n) is 5.69. The Labute approximate surface area is 231 Å². The highest BCUT2D eigenvalue weighted by Crippen LogP contribution is 2.42. The van der Waals surface area contributed by atoms with Crippen molar-refractivity contribution in [2.75, 3.05) is 26.8 Å². The number of carbonyl (C=O) groups is 2. The van der Waals surface area contributed by atoms with Crippen LogP contribution in [0.15, 0.2) is 54.6 Å². The average Bonchev–Trinajstić information content (AvgIpc) is 2.94. The van der Waals surface area contributed by atoms with Crippen molar-refractivity contribution >= 4 is 11.8 Å². The summed E-state index contributed by atoms with van der Waals surface area (Å²) in [5.41, 5.74) is 2.79. The molecule has 1 unspecified atom stereocenters. The van der Waals surface area contributed by atoms with E-state index < -0.39 is 17.8 Å². The zero-order valence-corrected chi connectivity index (χ0v) is 22.2. The van der Waals surface area contributed by atoms with Crippen LogP contribution in [0.2, 0.25) is 0 Å². The fraction of sp³-hybridized carbons (Fsp3) is 0.355. The molecule has 9 heteroatoms. The summed E-state index contributed by atoms with van der Waals surface area (Å²) in [5, 5.41) is 12.6. The van der Waals surface area contributed by atoms with Crippen LogP contribution in [0.3, 0.4) is 0 Å². The van der Waals surface area contributed by atoms with Gasteiger partial charge in [0.15, 0.2) is 11.5 Å². The van der Waals surface area contributed by atoms with Gasteiger partial charge in [0, 0.05) is 19.0 Å². The van der Waals surface area contributed by atoms with Gasteiger partial charge in [-0.15, -0.1) is 0 Å². The lowest BCUT2D eigenvalue weighted by molar-refractivity contribution is -0.144. The molecule has 1 fully saturated rings. The molecule has 40 heavy (non-hydrogen) atoms. The van der Waals surface area contributed by atoms with E-state index in [0.29, 0.717) is 61.8 Å². The molecule has 0 aromatic heterocycles. The summed E-state index contributed by atoms with van der Waals surface area (Å²) in [5.74, 6) is 0.682. The van der Waals surface area contributed by atoms with E-state index in [9.17, 15) is 19.1 Å². The van der Waals surface area contributed by atoms with Gasteiger partial charge in [-0.05, 0) is 84.8 Å². The molecule has 3 heterocycles. The molecular formula is C31H31FN2O6. The fourth-order valence-corrected chi connectivity index (χ4v) is 5.69. The van der Waals surface area contributed by atoms with Crippen LogP contribution in [0.5, 0.6) is 23.0 Å². The van der Waals surface area contributed by atoms with E-state index in [2.05, 4.69) is 5.32 Å². The topological polar surface area (TPSA) is 97.3 Å². The zero-order valence-electron chi connectivity index (χ0n) is 22.2. The number of nitrogens with one attached hydrogen (secondary N) is 1. The van der Waals surface area contributed by atoms with Gasteiger partial charge < -0.3 is 29.5 Å². The molecule has 208 valence electrons. The van der Waals surface area contributed by atoms with Crippen molar-refractivity contribution in [3.63, 3.8) is 0 Å². The second kappa shape index (κ2) is 10.8. The summed E-state index contributed by atoms with van der Waals surface area (Å²) in [6, 6.07) is 15.2. The van der Waals surface area contributed by atoms with Gasteiger partial charge in [0.05, 0.1) is 31.4 Å². The van der Waals surface area contributed by atoms with Crippen molar-refractivity contribution < 1.29 is 33.3 Å². The largest absolute Gasteiger partial charge is 0.493 e. The van der Waals surface area contributed by atoms with Gasteiger partial charge in [-0.25, -0.2) is 4.39 Å². The Bertz CT molecular complexity index is 1450. The molecule has 4 aliphatic rings. The number of amides is 2. The van der Waals surface area contributed by atoms with Gasteiger partial charge in [-0.3, -0.25) is 9.59 Å². The van der Waals surface area contributed by atoms with E-state index in [1.807, 2.05) is 41.3 Å². The van der Waals surface area contributed by atoms with Gasteiger partial charge in [0.25, 0.3) is 5.91 Å². The lowest BCUT2D eigenvalue weighted by Gasteiger charge is -2.42. The van der Waals surface area contributed by atoms with E-state index in [0.717, 1.165) is 16.7 Å². The number of rotatable bonds is 2. The maximum Gasteiger partial charge on any atom is 0.254 e. The summed E-state index contributed by atoms with van der Waals surface area (Å²) in [6.45, 7) is 1.09. The van der Waals surface area contributed by atoms with E-state index in [-0.39, 0.29) is 30.0 Å². The third-order valence-electron chi connectivity index (χ3n) is 7.87. The highest BCUT2D eigenvalue weighted by molar-refractivity contribution is 5.94. The third-order valence-corrected chi connectivity index (χ3v) is 7.87. The lowest BCUT2D eigenvalue weighted by Crippen LogP contribution is -2.47. The SMILES string of the molecule is COc1ccc2cc1OCCCNC(=O)c1cc(ccc1F)Oc1ccc3c(c1)CCN(C(=O)C1CC(O)C1)C23. The molecule has 3 aromatic carbocycles. The Morgan fingerprint density at radius 2 is 1.90 bits per heavy atom. The minimum absolute atomic E-state index is 0.0382. The number of aliphatic hydroxyl groups is 1. The number of carbonyl (C=O) groups excluding carboxylic acids is 2.